The third-order valence-corrected chi connectivity index (χ3v) is 6.68. The SMILES string of the molecule is C=CCn1c(SCc2cccnc2)nc2sc3c(c2c1=O)CCCC3. The summed E-state index contributed by atoms with van der Waals surface area (Å²) in [6.45, 7) is 4.30. The van der Waals surface area contributed by atoms with Gasteiger partial charge >= 0.3 is 0 Å². The van der Waals surface area contributed by atoms with E-state index in [2.05, 4.69) is 11.6 Å². The molecule has 4 rings (SSSR count). The number of hydrogen-bond donors (Lipinski definition) is 0. The molecule has 1 aliphatic carbocycles. The number of rotatable bonds is 5. The van der Waals surface area contributed by atoms with E-state index in [-0.39, 0.29) is 5.56 Å². The van der Waals surface area contributed by atoms with E-state index in [9.17, 15) is 4.79 Å². The predicted octanol–water partition coefficient (Wildman–Crippen LogP) is 4.21. The maximum atomic E-state index is 13.1. The van der Waals surface area contributed by atoms with Crippen LogP contribution in [0.3, 0.4) is 0 Å². The van der Waals surface area contributed by atoms with E-state index in [1.807, 2.05) is 18.3 Å². The average molecular weight is 370 g/mol. The van der Waals surface area contributed by atoms with Gasteiger partial charge in [0.25, 0.3) is 5.56 Å². The molecule has 0 aromatic carbocycles. The van der Waals surface area contributed by atoms with Crippen molar-refractivity contribution in [3.63, 3.8) is 0 Å². The van der Waals surface area contributed by atoms with Gasteiger partial charge in [-0.3, -0.25) is 14.3 Å². The fraction of sp³-hybridized carbons (Fsp3) is 0.316. The summed E-state index contributed by atoms with van der Waals surface area (Å²) in [6.07, 6.45) is 9.84. The quantitative estimate of drug-likeness (QED) is 0.384. The largest absolute Gasteiger partial charge is 0.283 e. The zero-order chi connectivity index (χ0) is 17.2. The van der Waals surface area contributed by atoms with Crippen LogP contribution in [0.1, 0.15) is 28.8 Å². The highest BCUT2D eigenvalue weighted by Crippen LogP contribution is 2.35. The minimum absolute atomic E-state index is 0.0815. The number of allylic oxidation sites excluding steroid dienone is 1. The Morgan fingerprint density at radius 2 is 2.24 bits per heavy atom. The van der Waals surface area contributed by atoms with Gasteiger partial charge in [-0.05, 0) is 42.9 Å². The van der Waals surface area contributed by atoms with Crippen LogP contribution in [0.2, 0.25) is 0 Å². The van der Waals surface area contributed by atoms with Crippen LogP contribution in [-0.4, -0.2) is 14.5 Å². The Bertz CT molecular complexity index is 976. The molecule has 6 heteroatoms. The molecule has 128 valence electrons. The van der Waals surface area contributed by atoms with Gasteiger partial charge in [0.05, 0.1) is 5.39 Å². The van der Waals surface area contributed by atoms with E-state index in [4.69, 9.17) is 4.98 Å². The minimum atomic E-state index is 0.0815. The lowest BCUT2D eigenvalue weighted by Crippen LogP contribution is -2.23. The second-order valence-electron chi connectivity index (χ2n) is 6.14. The van der Waals surface area contributed by atoms with Crippen molar-refractivity contribution < 1.29 is 0 Å². The van der Waals surface area contributed by atoms with Crippen molar-refractivity contribution >= 4 is 33.3 Å². The lowest BCUT2D eigenvalue weighted by molar-refractivity contribution is 0.668. The van der Waals surface area contributed by atoms with Gasteiger partial charge in [-0.1, -0.05) is 23.9 Å². The van der Waals surface area contributed by atoms with Crippen molar-refractivity contribution in [2.24, 2.45) is 0 Å². The summed E-state index contributed by atoms with van der Waals surface area (Å²) in [5.74, 6) is 0.744. The first-order valence-electron chi connectivity index (χ1n) is 8.45. The summed E-state index contributed by atoms with van der Waals surface area (Å²) >= 11 is 3.29. The smallest absolute Gasteiger partial charge is 0.263 e. The monoisotopic (exact) mass is 369 g/mol. The molecule has 4 nitrogen and oxygen atoms in total. The standard InChI is InChI=1S/C19H19N3OS2/c1-2-10-22-18(23)16-14-7-3-4-8-15(14)25-17(16)21-19(22)24-12-13-6-5-9-20-11-13/h2,5-6,9,11H,1,3-4,7-8,10,12H2. The van der Waals surface area contributed by atoms with Crippen LogP contribution in [0.25, 0.3) is 10.2 Å². The van der Waals surface area contributed by atoms with E-state index < -0.39 is 0 Å². The van der Waals surface area contributed by atoms with E-state index in [0.717, 1.165) is 46.0 Å². The van der Waals surface area contributed by atoms with Crippen LogP contribution >= 0.6 is 23.1 Å². The van der Waals surface area contributed by atoms with E-state index in [0.29, 0.717) is 6.54 Å². The Labute approximate surface area is 154 Å². The first kappa shape index (κ1) is 16.5. The average Bonchev–Trinajstić information content (AvgIpc) is 3.02. The Balaban J connectivity index is 1.78. The van der Waals surface area contributed by atoms with Crippen LogP contribution in [-0.2, 0) is 25.1 Å². The fourth-order valence-corrected chi connectivity index (χ4v) is 5.50. The molecule has 3 aromatic heterocycles. The van der Waals surface area contributed by atoms with Gasteiger partial charge in [-0.15, -0.1) is 17.9 Å². The van der Waals surface area contributed by atoms with Crippen molar-refractivity contribution in [3.8, 4) is 0 Å². The number of thioether (sulfide) groups is 1. The molecule has 0 N–H and O–H groups in total. The highest BCUT2D eigenvalue weighted by Gasteiger charge is 2.21. The van der Waals surface area contributed by atoms with E-state index >= 15 is 0 Å². The molecule has 0 radical (unpaired) electrons. The van der Waals surface area contributed by atoms with Crippen molar-refractivity contribution in [2.75, 3.05) is 0 Å². The van der Waals surface area contributed by atoms with Gasteiger partial charge in [-0.2, -0.15) is 0 Å². The Hall–Kier alpha value is -1.92. The molecular weight excluding hydrogens is 350 g/mol. The zero-order valence-electron chi connectivity index (χ0n) is 13.9. The molecule has 0 amide bonds. The lowest BCUT2D eigenvalue weighted by atomic mass is 9.97. The summed E-state index contributed by atoms with van der Waals surface area (Å²) in [4.78, 5) is 24.4. The fourth-order valence-electron chi connectivity index (χ4n) is 3.25. The molecule has 0 aliphatic heterocycles. The second-order valence-corrected chi connectivity index (χ2v) is 8.17. The van der Waals surface area contributed by atoms with Crippen molar-refractivity contribution in [1.29, 1.82) is 0 Å². The topological polar surface area (TPSA) is 47.8 Å². The van der Waals surface area contributed by atoms with Crippen molar-refractivity contribution in [3.05, 3.63) is 63.5 Å². The van der Waals surface area contributed by atoms with E-state index in [1.54, 1.807) is 39.9 Å². The molecule has 1 aliphatic rings. The van der Waals surface area contributed by atoms with Gasteiger partial charge in [-0.25, -0.2) is 4.98 Å². The zero-order valence-corrected chi connectivity index (χ0v) is 15.5. The molecule has 0 atom stereocenters. The molecule has 0 saturated heterocycles. The predicted molar refractivity (Wildman–Crippen MR) is 105 cm³/mol. The molecule has 0 saturated carbocycles. The number of pyridine rings is 1. The van der Waals surface area contributed by atoms with Crippen LogP contribution in [0, 0.1) is 0 Å². The van der Waals surface area contributed by atoms with Gasteiger partial charge in [0, 0.05) is 29.6 Å². The lowest BCUT2D eigenvalue weighted by Gasteiger charge is -2.12. The van der Waals surface area contributed by atoms with Crippen LogP contribution < -0.4 is 5.56 Å². The molecule has 0 spiro atoms. The molecule has 0 bridgehead atoms. The normalized spacial score (nSPS) is 13.8. The number of nitrogens with zero attached hydrogens (tertiary/aromatic N) is 3. The molecule has 25 heavy (non-hydrogen) atoms. The summed E-state index contributed by atoms with van der Waals surface area (Å²) < 4.78 is 1.76. The molecular formula is C19H19N3OS2. The maximum Gasteiger partial charge on any atom is 0.263 e. The summed E-state index contributed by atoms with van der Waals surface area (Å²) in [7, 11) is 0. The number of aryl methyl sites for hydroxylation is 2. The Kier molecular flexibility index (Phi) is 4.72. The van der Waals surface area contributed by atoms with Gasteiger partial charge in [0.1, 0.15) is 4.83 Å². The molecule has 0 unspecified atom stereocenters. The van der Waals surface area contributed by atoms with Crippen molar-refractivity contribution in [1.82, 2.24) is 14.5 Å². The maximum absolute atomic E-state index is 13.1. The highest BCUT2D eigenvalue weighted by atomic mass is 32.2. The second kappa shape index (κ2) is 7.14. The summed E-state index contributed by atoms with van der Waals surface area (Å²) in [5, 5.41) is 1.60. The van der Waals surface area contributed by atoms with Crippen molar-refractivity contribution in [2.45, 2.75) is 43.1 Å². The number of thiophene rings is 1. The van der Waals surface area contributed by atoms with Gasteiger partial charge in [0.15, 0.2) is 5.16 Å². The first-order valence-corrected chi connectivity index (χ1v) is 10.3. The molecule has 3 aromatic rings. The Morgan fingerprint density at radius 1 is 1.36 bits per heavy atom. The molecule has 3 heterocycles. The highest BCUT2D eigenvalue weighted by molar-refractivity contribution is 7.98. The summed E-state index contributed by atoms with van der Waals surface area (Å²) in [5.41, 5.74) is 2.45. The molecule has 0 fully saturated rings. The van der Waals surface area contributed by atoms with Crippen LogP contribution in [0.15, 0.2) is 47.1 Å². The van der Waals surface area contributed by atoms with Crippen LogP contribution in [0.5, 0.6) is 0 Å². The first-order chi connectivity index (χ1) is 12.3. The number of hydrogen-bond acceptors (Lipinski definition) is 5. The van der Waals surface area contributed by atoms with Gasteiger partial charge < -0.3 is 0 Å². The third kappa shape index (κ3) is 3.16. The Morgan fingerprint density at radius 3 is 3.04 bits per heavy atom. The van der Waals surface area contributed by atoms with Crippen LogP contribution in [0.4, 0.5) is 0 Å². The number of aromatic nitrogens is 3. The third-order valence-electron chi connectivity index (χ3n) is 4.44. The number of fused-ring (bicyclic) bond motifs is 3. The summed E-state index contributed by atoms with van der Waals surface area (Å²) in [6, 6.07) is 3.97. The van der Waals surface area contributed by atoms with E-state index in [1.165, 1.54) is 16.9 Å². The van der Waals surface area contributed by atoms with Gasteiger partial charge in [0.2, 0.25) is 0 Å². The minimum Gasteiger partial charge on any atom is -0.283 e.